The minimum atomic E-state index is 1.34. The van der Waals surface area contributed by atoms with Crippen molar-refractivity contribution in [2.24, 2.45) is 0 Å². The number of hydrogen-bond acceptors (Lipinski definition) is 1. The van der Waals surface area contributed by atoms with E-state index < -0.39 is 0 Å². The molecule has 176 valence electrons. The fourth-order valence-electron chi connectivity index (χ4n) is 4.39. The maximum absolute atomic E-state index is 2.76. The first-order valence-corrected chi connectivity index (χ1v) is 14.1. The molecule has 1 heteroatoms. The molecular weight excluding hydrogens is 350 g/mol. The molecule has 0 bridgehead atoms. The molecule has 0 saturated carbocycles. The quantitative estimate of drug-likeness (QED) is 0.136. The largest absolute Gasteiger partial charge is 0.303 e. The molecular formula is C28H59N. The number of nitrogens with zero attached hydrogens (tertiary/aromatic N) is 1. The summed E-state index contributed by atoms with van der Waals surface area (Å²) in [5.41, 5.74) is 0. The fraction of sp³-hybridized carbons (Fsp3) is 1.00. The van der Waals surface area contributed by atoms with E-state index in [0.29, 0.717) is 0 Å². The molecule has 0 amide bonds. The maximum atomic E-state index is 2.76. The van der Waals surface area contributed by atoms with Crippen LogP contribution in [0.1, 0.15) is 162 Å². The Hall–Kier alpha value is -0.0400. The third kappa shape index (κ3) is 24.1. The third-order valence-corrected chi connectivity index (χ3v) is 6.48. The molecule has 0 N–H and O–H groups in total. The molecule has 1 nitrogen and oxygen atoms in total. The predicted molar refractivity (Wildman–Crippen MR) is 135 cm³/mol. The topological polar surface area (TPSA) is 3.24 Å². The average molecular weight is 410 g/mol. The zero-order valence-corrected chi connectivity index (χ0v) is 21.1. The van der Waals surface area contributed by atoms with Crippen LogP contribution in [0.3, 0.4) is 0 Å². The Kier molecular flexibility index (Phi) is 26.0. The summed E-state index contributed by atoms with van der Waals surface area (Å²) in [6.07, 6.45) is 31.8. The zero-order chi connectivity index (χ0) is 21.3. The zero-order valence-electron chi connectivity index (χ0n) is 21.1. The van der Waals surface area contributed by atoms with Crippen LogP contribution in [0.2, 0.25) is 0 Å². The van der Waals surface area contributed by atoms with Gasteiger partial charge in [0.25, 0.3) is 0 Å². The molecule has 0 fully saturated rings. The van der Waals surface area contributed by atoms with Gasteiger partial charge in [0.05, 0.1) is 0 Å². The molecule has 0 rings (SSSR count). The van der Waals surface area contributed by atoms with E-state index in [2.05, 4.69) is 25.7 Å². The summed E-state index contributed by atoms with van der Waals surface area (Å²) >= 11 is 0. The Bertz CT molecular complexity index is 265. The van der Waals surface area contributed by atoms with E-state index in [1.807, 2.05) is 0 Å². The van der Waals surface area contributed by atoms with Crippen molar-refractivity contribution >= 4 is 0 Å². The van der Waals surface area contributed by atoms with Gasteiger partial charge in [0, 0.05) is 0 Å². The standard InChI is InChI=1S/C28H59N/c1-4-7-10-11-12-13-14-15-16-17-18-19-20-21-22-25-28-29(26-23-8-5-2)27-24-9-6-3/h4-28H2,1-3H3. The molecule has 0 aliphatic heterocycles. The van der Waals surface area contributed by atoms with E-state index >= 15 is 0 Å². The van der Waals surface area contributed by atoms with Crippen LogP contribution in [0.25, 0.3) is 0 Å². The lowest BCUT2D eigenvalue weighted by Gasteiger charge is -2.22. The molecule has 29 heavy (non-hydrogen) atoms. The Labute approximate surface area is 186 Å². The van der Waals surface area contributed by atoms with Crippen LogP contribution in [0.15, 0.2) is 0 Å². The van der Waals surface area contributed by atoms with E-state index in [4.69, 9.17) is 0 Å². The van der Waals surface area contributed by atoms with Crippen molar-refractivity contribution in [2.75, 3.05) is 19.6 Å². The molecule has 0 atom stereocenters. The van der Waals surface area contributed by atoms with E-state index in [0.717, 1.165) is 0 Å². The van der Waals surface area contributed by atoms with Gasteiger partial charge in [0.2, 0.25) is 0 Å². The van der Waals surface area contributed by atoms with E-state index in [9.17, 15) is 0 Å². The van der Waals surface area contributed by atoms with Gasteiger partial charge >= 0.3 is 0 Å². The van der Waals surface area contributed by atoms with Gasteiger partial charge in [-0.3, -0.25) is 0 Å². The highest BCUT2D eigenvalue weighted by atomic mass is 15.1. The molecule has 0 radical (unpaired) electrons. The molecule has 0 aliphatic rings. The predicted octanol–water partition coefficient (Wildman–Crippen LogP) is 9.93. The summed E-state index contributed by atoms with van der Waals surface area (Å²) in [6, 6.07) is 0. The molecule has 0 heterocycles. The van der Waals surface area contributed by atoms with Crippen LogP contribution < -0.4 is 0 Å². The van der Waals surface area contributed by atoms with Gasteiger partial charge in [-0.05, 0) is 38.9 Å². The summed E-state index contributed by atoms with van der Waals surface area (Å²) in [7, 11) is 0. The van der Waals surface area contributed by atoms with E-state index in [1.54, 1.807) is 0 Å². The van der Waals surface area contributed by atoms with Gasteiger partial charge in [-0.15, -0.1) is 0 Å². The van der Waals surface area contributed by atoms with E-state index in [-0.39, 0.29) is 0 Å². The summed E-state index contributed by atoms with van der Waals surface area (Å²) < 4.78 is 0. The normalized spacial score (nSPS) is 11.6. The highest BCUT2D eigenvalue weighted by Gasteiger charge is 2.04. The maximum Gasteiger partial charge on any atom is -0.00187 e. The van der Waals surface area contributed by atoms with E-state index in [1.165, 1.54) is 161 Å². The fourth-order valence-corrected chi connectivity index (χ4v) is 4.39. The molecule has 0 aromatic rings. The van der Waals surface area contributed by atoms with Crippen LogP contribution in [-0.4, -0.2) is 24.5 Å². The van der Waals surface area contributed by atoms with Gasteiger partial charge in [0.1, 0.15) is 0 Å². The van der Waals surface area contributed by atoms with Gasteiger partial charge in [0.15, 0.2) is 0 Å². The Balaban J connectivity index is 3.35. The van der Waals surface area contributed by atoms with Crippen molar-refractivity contribution in [1.29, 1.82) is 0 Å². The van der Waals surface area contributed by atoms with Crippen LogP contribution >= 0.6 is 0 Å². The van der Waals surface area contributed by atoms with Crippen LogP contribution in [0.5, 0.6) is 0 Å². The Morgan fingerprint density at radius 3 is 0.793 bits per heavy atom. The minimum Gasteiger partial charge on any atom is -0.303 e. The Morgan fingerprint density at radius 1 is 0.276 bits per heavy atom. The summed E-state index contributed by atoms with van der Waals surface area (Å²) in [5.74, 6) is 0. The molecule has 0 saturated heterocycles. The lowest BCUT2D eigenvalue weighted by Crippen LogP contribution is -2.27. The van der Waals surface area contributed by atoms with Crippen LogP contribution in [0, 0.1) is 0 Å². The van der Waals surface area contributed by atoms with Gasteiger partial charge in [-0.25, -0.2) is 0 Å². The number of hydrogen-bond donors (Lipinski definition) is 0. The van der Waals surface area contributed by atoms with Gasteiger partial charge in [-0.2, -0.15) is 0 Å². The SMILES string of the molecule is CCCCCCCCCCCCCCCCCCN(CCCCC)CCCCC. The second-order valence-electron chi connectivity index (χ2n) is 9.56. The first-order chi connectivity index (χ1) is 14.3. The van der Waals surface area contributed by atoms with Crippen molar-refractivity contribution in [3.05, 3.63) is 0 Å². The molecule has 0 unspecified atom stereocenters. The van der Waals surface area contributed by atoms with Gasteiger partial charge < -0.3 is 4.90 Å². The molecule has 0 aromatic carbocycles. The van der Waals surface area contributed by atoms with Crippen molar-refractivity contribution in [3.8, 4) is 0 Å². The van der Waals surface area contributed by atoms with Crippen molar-refractivity contribution in [2.45, 2.75) is 162 Å². The van der Waals surface area contributed by atoms with Crippen molar-refractivity contribution in [1.82, 2.24) is 4.90 Å². The highest BCUT2D eigenvalue weighted by molar-refractivity contribution is 4.59. The number of rotatable bonds is 25. The van der Waals surface area contributed by atoms with Crippen LogP contribution in [-0.2, 0) is 0 Å². The van der Waals surface area contributed by atoms with Crippen molar-refractivity contribution in [3.63, 3.8) is 0 Å². The lowest BCUT2D eigenvalue weighted by molar-refractivity contribution is 0.255. The lowest BCUT2D eigenvalue weighted by atomic mass is 10.0. The summed E-state index contributed by atoms with van der Waals surface area (Å²) in [4.78, 5) is 2.76. The smallest absolute Gasteiger partial charge is 0.00187 e. The van der Waals surface area contributed by atoms with Crippen LogP contribution in [0.4, 0.5) is 0 Å². The first-order valence-electron chi connectivity index (χ1n) is 14.1. The summed E-state index contributed by atoms with van der Waals surface area (Å²) in [5, 5.41) is 0. The summed E-state index contributed by atoms with van der Waals surface area (Å²) in [6.45, 7) is 11.0. The second kappa shape index (κ2) is 26.0. The monoisotopic (exact) mass is 409 g/mol. The third-order valence-electron chi connectivity index (χ3n) is 6.48. The number of unbranched alkanes of at least 4 members (excludes halogenated alkanes) is 19. The van der Waals surface area contributed by atoms with Gasteiger partial charge in [-0.1, -0.05) is 143 Å². The minimum absolute atomic E-state index is 1.34. The molecule has 0 spiro atoms. The highest BCUT2D eigenvalue weighted by Crippen LogP contribution is 2.14. The van der Waals surface area contributed by atoms with Crippen molar-refractivity contribution < 1.29 is 0 Å². The molecule has 0 aromatic heterocycles. The first kappa shape index (κ1) is 29.0. The second-order valence-corrected chi connectivity index (χ2v) is 9.56. The molecule has 0 aliphatic carbocycles. The Morgan fingerprint density at radius 2 is 0.483 bits per heavy atom. The average Bonchev–Trinajstić information content (AvgIpc) is 2.73.